The fraction of sp³-hybridized carbons (Fsp3) is 0.308. The SMILES string of the molecule is Cc1noc(CNC(=O)C2CNc3ccccc3O2)n1. The van der Waals surface area contributed by atoms with Crippen LogP contribution in [0.5, 0.6) is 5.75 Å². The van der Waals surface area contributed by atoms with Crippen LogP contribution in [0.25, 0.3) is 0 Å². The first-order chi connectivity index (χ1) is 9.72. The van der Waals surface area contributed by atoms with Gasteiger partial charge in [0.2, 0.25) is 5.89 Å². The molecule has 0 aliphatic carbocycles. The quantitative estimate of drug-likeness (QED) is 0.863. The summed E-state index contributed by atoms with van der Waals surface area (Å²) in [5, 5.41) is 9.53. The van der Waals surface area contributed by atoms with Crippen molar-refractivity contribution >= 4 is 11.6 Å². The van der Waals surface area contributed by atoms with Gasteiger partial charge in [-0.2, -0.15) is 4.98 Å². The number of amides is 1. The van der Waals surface area contributed by atoms with E-state index >= 15 is 0 Å². The Balaban J connectivity index is 1.59. The fourth-order valence-corrected chi connectivity index (χ4v) is 1.95. The number of carbonyl (C=O) groups is 1. The highest BCUT2D eigenvalue weighted by atomic mass is 16.5. The minimum Gasteiger partial charge on any atom is -0.477 e. The van der Waals surface area contributed by atoms with Crippen molar-refractivity contribution in [2.75, 3.05) is 11.9 Å². The van der Waals surface area contributed by atoms with E-state index in [1.165, 1.54) is 0 Å². The smallest absolute Gasteiger partial charge is 0.263 e. The monoisotopic (exact) mass is 274 g/mol. The summed E-state index contributed by atoms with van der Waals surface area (Å²) in [5.74, 6) is 1.37. The second-order valence-electron chi connectivity index (χ2n) is 4.44. The van der Waals surface area contributed by atoms with Crippen LogP contribution in [0.3, 0.4) is 0 Å². The van der Waals surface area contributed by atoms with Crippen LogP contribution >= 0.6 is 0 Å². The van der Waals surface area contributed by atoms with Crippen LogP contribution in [0.4, 0.5) is 5.69 Å². The van der Waals surface area contributed by atoms with E-state index in [-0.39, 0.29) is 12.5 Å². The lowest BCUT2D eigenvalue weighted by molar-refractivity contribution is -0.127. The highest BCUT2D eigenvalue weighted by Crippen LogP contribution is 2.28. The Morgan fingerprint density at radius 1 is 1.50 bits per heavy atom. The summed E-state index contributed by atoms with van der Waals surface area (Å²) in [6.07, 6.45) is -0.575. The van der Waals surface area contributed by atoms with Gasteiger partial charge in [-0.25, -0.2) is 0 Å². The molecule has 0 fully saturated rings. The van der Waals surface area contributed by atoms with Crippen molar-refractivity contribution in [2.45, 2.75) is 19.6 Å². The van der Waals surface area contributed by atoms with Crippen molar-refractivity contribution in [1.29, 1.82) is 0 Å². The van der Waals surface area contributed by atoms with Crippen LogP contribution in [-0.2, 0) is 11.3 Å². The van der Waals surface area contributed by atoms with Crippen molar-refractivity contribution in [3.63, 3.8) is 0 Å². The van der Waals surface area contributed by atoms with Gasteiger partial charge in [-0.3, -0.25) is 4.79 Å². The molecule has 1 amide bonds. The molecule has 0 bridgehead atoms. The van der Waals surface area contributed by atoms with E-state index in [2.05, 4.69) is 20.8 Å². The average Bonchev–Trinajstić information content (AvgIpc) is 2.90. The van der Waals surface area contributed by atoms with E-state index in [0.29, 0.717) is 24.0 Å². The maximum Gasteiger partial charge on any atom is 0.263 e. The molecule has 2 aromatic rings. The molecule has 0 radical (unpaired) electrons. The summed E-state index contributed by atoms with van der Waals surface area (Å²) in [4.78, 5) is 16.0. The summed E-state index contributed by atoms with van der Waals surface area (Å²) in [6, 6.07) is 7.50. The molecule has 0 spiro atoms. The molecule has 104 valence electrons. The number of fused-ring (bicyclic) bond motifs is 1. The Bertz CT molecular complexity index is 626. The van der Waals surface area contributed by atoms with Crippen molar-refractivity contribution in [3.05, 3.63) is 36.0 Å². The number of carbonyl (C=O) groups excluding carboxylic acids is 1. The van der Waals surface area contributed by atoms with Gasteiger partial charge in [-0.15, -0.1) is 0 Å². The summed E-state index contributed by atoms with van der Waals surface area (Å²) >= 11 is 0. The number of hydrogen-bond donors (Lipinski definition) is 2. The molecule has 0 saturated carbocycles. The van der Waals surface area contributed by atoms with Crippen molar-refractivity contribution in [2.24, 2.45) is 0 Å². The van der Waals surface area contributed by atoms with Gasteiger partial charge in [0.05, 0.1) is 18.8 Å². The number of nitrogens with one attached hydrogen (secondary N) is 2. The number of rotatable bonds is 3. The molecule has 3 rings (SSSR count). The largest absolute Gasteiger partial charge is 0.477 e. The Kier molecular flexibility index (Phi) is 3.24. The van der Waals surface area contributed by atoms with Crippen LogP contribution < -0.4 is 15.4 Å². The Labute approximate surface area is 115 Å². The summed E-state index contributed by atoms with van der Waals surface area (Å²) < 4.78 is 10.6. The molecule has 7 nitrogen and oxygen atoms in total. The number of para-hydroxylation sites is 2. The Morgan fingerprint density at radius 2 is 2.35 bits per heavy atom. The predicted molar refractivity (Wildman–Crippen MR) is 70.2 cm³/mol. The zero-order valence-corrected chi connectivity index (χ0v) is 10.9. The van der Waals surface area contributed by atoms with Gasteiger partial charge in [-0.1, -0.05) is 17.3 Å². The molecule has 2 N–H and O–H groups in total. The first-order valence-corrected chi connectivity index (χ1v) is 6.29. The van der Waals surface area contributed by atoms with E-state index in [9.17, 15) is 4.79 Å². The highest BCUT2D eigenvalue weighted by molar-refractivity contribution is 5.82. The third-order valence-electron chi connectivity index (χ3n) is 2.91. The first-order valence-electron chi connectivity index (χ1n) is 6.29. The zero-order chi connectivity index (χ0) is 13.9. The maximum atomic E-state index is 12.0. The highest BCUT2D eigenvalue weighted by Gasteiger charge is 2.25. The van der Waals surface area contributed by atoms with E-state index < -0.39 is 6.10 Å². The molecule has 1 unspecified atom stereocenters. The summed E-state index contributed by atoms with van der Waals surface area (Å²) in [6.45, 7) is 2.34. The second-order valence-corrected chi connectivity index (χ2v) is 4.44. The van der Waals surface area contributed by atoms with Crippen LogP contribution in [0, 0.1) is 6.92 Å². The first kappa shape index (κ1) is 12.5. The van der Waals surface area contributed by atoms with Crippen molar-refractivity contribution < 1.29 is 14.1 Å². The van der Waals surface area contributed by atoms with Gasteiger partial charge in [0.15, 0.2) is 11.9 Å². The topological polar surface area (TPSA) is 89.3 Å². The summed E-state index contributed by atoms with van der Waals surface area (Å²) in [7, 11) is 0. The molecule has 1 atom stereocenters. The lowest BCUT2D eigenvalue weighted by atomic mass is 10.2. The van der Waals surface area contributed by atoms with Crippen LogP contribution in [0.15, 0.2) is 28.8 Å². The van der Waals surface area contributed by atoms with Gasteiger partial charge in [0.25, 0.3) is 5.91 Å². The van der Waals surface area contributed by atoms with Crippen molar-refractivity contribution in [3.8, 4) is 5.75 Å². The van der Waals surface area contributed by atoms with Crippen molar-refractivity contribution in [1.82, 2.24) is 15.5 Å². The number of nitrogens with zero attached hydrogens (tertiary/aromatic N) is 2. The molecular formula is C13H14N4O3. The molecule has 1 aromatic carbocycles. The number of hydrogen-bond acceptors (Lipinski definition) is 6. The normalized spacial score (nSPS) is 16.8. The fourth-order valence-electron chi connectivity index (χ4n) is 1.95. The van der Waals surface area contributed by atoms with Crippen LogP contribution in [-0.4, -0.2) is 28.7 Å². The third kappa shape index (κ3) is 2.56. The van der Waals surface area contributed by atoms with E-state index in [1.807, 2.05) is 24.3 Å². The Morgan fingerprint density at radius 3 is 3.15 bits per heavy atom. The molecule has 20 heavy (non-hydrogen) atoms. The van der Waals surface area contributed by atoms with E-state index in [1.54, 1.807) is 6.92 Å². The lowest BCUT2D eigenvalue weighted by Gasteiger charge is -2.26. The number of ether oxygens (including phenoxy) is 1. The Hall–Kier alpha value is -2.57. The number of benzene rings is 1. The third-order valence-corrected chi connectivity index (χ3v) is 2.91. The van der Waals surface area contributed by atoms with Gasteiger partial charge in [-0.05, 0) is 19.1 Å². The molecular weight excluding hydrogens is 260 g/mol. The molecule has 1 aliphatic rings. The number of aromatic nitrogens is 2. The minimum atomic E-state index is -0.575. The molecule has 7 heteroatoms. The number of anilines is 1. The standard InChI is InChI=1S/C13H14N4O3/c1-8-16-12(20-17-8)7-15-13(18)11-6-14-9-4-2-3-5-10(9)19-11/h2-5,11,14H,6-7H2,1H3,(H,15,18). The van der Waals surface area contributed by atoms with Gasteiger partial charge < -0.3 is 19.9 Å². The van der Waals surface area contributed by atoms with Crippen LogP contribution in [0.1, 0.15) is 11.7 Å². The molecule has 1 aliphatic heterocycles. The van der Waals surface area contributed by atoms with E-state index in [4.69, 9.17) is 9.26 Å². The van der Waals surface area contributed by atoms with Crippen LogP contribution in [0.2, 0.25) is 0 Å². The minimum absolute atomic E-state index is 0.196. The van der Waals surface area contributed by atoms with Gasteiger partial charge in [0.1, 0.15) is 5.75 Å². The second kappa shape index (κ2) is 5.20. The maximum absolute atomic E-state index is 12.0. The predicted octanol–water partition coefficient (Wildman–Crippen LogP) is 0.867. The van der Waals surface area contributed by atoms with E-state index in [0.717, 1.165) is 5.69 Å². The molecule has 0 saturated heterocycles. The lowest BCUT2D eigenvalue weighted by Crippen LogP contribution is -2.44. The molecule has 2 heterocycles. The summed E-state index contributed by atoms with van der Waals surface area (Å²) in [5.41, 5.74) is 0.893. The number of aryl methyl sites for hydroxylation is 1. The van der Waals surface area contributed by atoms with Gasteiger partial charge >= 0.3 is 0 Å². The molecule has 1 aromatic heterocycles. The van der Waals surface area contributed by atoms with Gasteiger partial charge in [0, 0.05) is 0 Å². The average molecular weight is 274 g/mol. The zero-order valence-electron chi connectivity index (χ0n) is 10.9.